The molecule has 5 heterocycles. The van der Waals surface area contributed by atoms with Crippen molar-refractivity contribution in [2.45, 2.75) is 144 Å². The Morgan fingerprint density at radius 1 is 0.604 bits per heavy atom. The lowest BCUT2D eigenvalue weighted by Crippen LogP contribution is -2.44. The maximum absolute atomic E-state index is 4.38. The molecule has 0 aliphatic carbocycles. The van der Waals surface area contributed by atoms with E-state index in [9.17, 15) is 0 Å². The number of hydrogen-bond acceptors (Lipinski definition) is 4. The summed E-state index contributed by atoms with van der Waals surface area (Å²) in [5, 5.41) is 7.09. The predicted molar refractivity (Wildman–Crippen MR) is 209 cm³/mol. The molecular formula is C43H67N5. The maximum atomic E-state index is 4.38. The first kappa shape index (κ1) is 38.0. The molecule has 264 valence electrons. The van der Waals surface area contributed by atoms with Gasteiger partial charge >= 0.3 is 0 Å². The summed E-state index contributed by atoms with van der Waals surface area (Å²) in [6.45, 7) is 34.2. The zero-order chi connectivity index (χ0) is 35.3. The van der Waals surface area contributed by atoms with Crippen LogP contribution in [0, 0.1) is 0 Å². The molecule has 4 aliphatic rings. The number of benzene rings is 2. The number of piperidine rings is 1. The molecule has 4 aliphatic heterocycles. The van der Waals surface area contributed by atoms with Gasteiger partial charge in [0, 0.05) is 42.6 Å². The third-order valence-corrected chi connectivity index (χ3v) is 10.1. The van der Waals surface area contributed by atoms with E-state index in [1.165, 1.54) is 83.9 Å². The second kappa shape index (κ2) is 15.4. The molecule has 0 bridgehead atoms. The van der Waals surface area contributed by atoms with Crippen LogP contribution >= 0.6 is 0 Å². The fraction of sp³-hybridized carbons (Fsp3) is 0.628. The van der Waals surface area contributed by atoms with Gasteiger partial charge in [-0.05, 0) is 124 Å². The molecule has 0 radical (unpaired) electrons. The van der Waals surface area contributed by atoms with Gasteiger partial charge in [-0.15, -0.1) is 0 Å². The first-order valence-corrected chi connectivity index (χ1v) is 18.6. The zero-order valence-electron chi connectivity index (χ0n) is 32.7. The van der Waals surface area contributed by atoms with E-state index in [4.69, 9.17) is 0 Å². The molecule has 0 N–H and O–H groups in total. The van der Waals surface area contributed by atoms with Crippen LogP contribution in [0.25, 0.3) is 10.8 Å². The minimum atomic E-state index is 0.223. The Balaban J connectivity index is 0.000000146. The van der Waals surface area contributed by atoms with E-state index in [1.54, 1.807) is 0 Å². The van der Waals surface area contributed by atoms with Crippen molar-refractivity contribution in [2.24, 2.45) is 4.99 Å². The highest BCUT2D eigenvalue weighted by molar-refractivity contribution is 5.86. The van der Waals surface area contributed by atoms with Crippen LogP contribution in [0.1, 0.15) is 126 Å². The van der Waals surface area contributed by atoms with Gasteiger partial charge in [0.25, 0.3) is 0 Å². The van der Waals surface area contributed by atoms with Crippen LogP contribution in [0.15, 0.2) is 64.8 Å². The molecule has 5 heteroatoms. The van der Waals surface area contributed by atoms with Crippen LogP contribution < -0.4 is 0 Å². The Hall–Kier alpha value is -2.76. The van der Waals surface area contributed by atoms with E-state index in [2.05, 4.69) is 150 Å². The second-order valence-corrected chi connectivity index (χ2v) is 18.2. The number of aliphatic imine (C=N–C) groups is 1. The van der Waals surface area contributed by atoms with E-state index in [0.29, 0.717) is 11.1 Å². The summed E-state index contributed by atoms with van der Waals surface area (Å²) in [6, 6.07) is 15.1. The molecule has 1 fully saturated rings. The molecule has 2 aromatic carbocycles. The maximum Gasteiger partial charge on any atom is 0.0618 e. The van der Waals surface area contributed by atoms with Crippen molar-refractivity contribution in [1.82, 2.24) is 19.6 Å². The molecule has 7 rings (SSSR count). The average Bonchev–Trinajstić information content (AvgIpc) is 3.79. The van der Waals surface area contributed by atoms with Gasteiger partial charge < -0.3 is 0 Å². The normalized spacial score (nSPS) is 18.4. The van der Waals surface area contributed by atoms with E-state index in [1.807, 2.05) is 12.4 Å². The molecule has 0 atom stereocenters. The third-order valence-electron chi connectivity index (χ3n) is 10.1. The quantitative estimate of drug-likeness (QED) is 0.242. The fourth-order valence-electron chi connectivity index (χ4n) is 7.06. The Morgan fingerprint density at radius 3 is 1.81 bits per heavy atom. The summed E-state index contributed by atoms with van der Waals surface area (Å²) in [5.41, 5.74) is 8.50. The average molecular weight is 654 g/mol. The van der Waals surface area contributed by atoms with Gasteiger partial charge in [-0.2, -0.15) is 5.10 Å². The molecule has 3 aromatic rings. The second-order valence-electron chi connectivity index (χ2n) is 18.2. The minimum absolute atomic E-state index is 0.223. The Morgan fingerprint density at radius 2 is 1.23 bits per heavy atom. The molecular weight excluding hydrogens is 587 g/mol. The van der Waals surface area contributed by atoms with Gasteiger partial charge in [0.15, 0.2) is 0 Å². The fourth-order valence-corrected chi connectivity index (χ4v) is 7.06. The lowest BCUT2D eigenvalue weighted by molar-refractivity contribution is 0.111. The van der Waals surface area contributed by atoms with Crippen molar-refractivity contribution >= 4 is 17.0 Å². The van der Waals surface area contributed by atoms with E-state index < -0.39 is 0 Å². The Bertz CT molecular complexity index is 1530. The molecule has 0 amide bonds. The first-order valence-electron chi connectivity index (χ1n) is 18.6. The predicted octanol–water partition coefficient (Wildman–Crippen LogP) is 10.0. The molecule has 1 saturated heterocycles. The van der Waals surface area contributed by atoms with Crippen molar-refractivity contribution in [3.05, 3.63) is 76.6 Å². The highest BCUT2D eigenvalue weighted by atomic mass is 15.3. The van der Waals surface area contributed by atoms with Crippen molar-refractivity contribution in [3.63, 3.8) is 0 Å². The lowest BCUT2D eigenvalue weighted by atomic mass is 9.84. The van der Waals surface area contributed by atoms with Crippen LogP contribution in [0.4, 0.5) is 0 Å². The SMILES string of the molecule is CC(C)(C)N1CC2=C(CN=C2)C1.CC(C)(C)N1CCCCC1.CC(C)(C)c1cccc2ccccc12.CC(C)(C)c1cnn2c1CCC2. The van der Waals surface area contributed by atoms with Gasteiger partial charge in [-0.1, -0.05) is 90.4 Å². The van der Waals surface area contributed by atoms with Crippen LogP contribution in [0.2, 0.25) is 0 Å². The van der Waals surface area contributed by atoms with Gasteiger partial charge in [0.1, 0.15) is 0 Å². The molecule has 48 heavy (non-hydrogen) atoms. The molecule has 1 aromatic heterocycles. The van der Waals surface area contributed by atoms with Crippen LogP contribution in [0.3, 0.4) is 0 Å². The molecule has 0 unspecified atom stereocenters. The summed E-state index contributed by atoms with van der Waals surface area (Å²) in [6.07, 6.45) is 10.8. The van der Waals surface area contributed by atoms with Crippen molar-refractivity contribution in [1.29, 1.82) is 0 Å². The smallest absolute Gasteiger partial charge is 0.0618 e. The van der Waals surface area contributed by atoms with E-state index >= 15 is 0 Å². The van der Waals surface area contributed by atoms with Crippen LogP contribution in [0.5, 0.6) is 0 Å². The molecule has 5 nitrogen and oxygen atoms in total. The summed E-state index contributed by atoms with van der Waals surface area (Å²) < 4.78 is 2.15. The van der Waals surface area contributed by atoms with Gasteiger partial charge in [0.2, 0.25) is 0 Å². The highest BCUT2D eigenvalue weighted by Crippen LogP contribution is 2.31. The highest BCUT2D eigenvalue weighted by Gasteiger charge is 2.30. The Labute approximate surface area is 293 Å². The van der Waals surface area contributed by atoms with Crippen molar-refractivity contribution in [3.8, 4) is 0 Å². The standard InChI is InChI=1S/C14H16.2C10H16N2.C9H19N/c1-14(2,3)13-10-6-8-11-7-4-5-9-12(11)13;1-10(2,3)12-6-8-4-11-5-9(8)7-12;1-10(2,3)8-7-11-12-6-4-5-9(8)12;1-9(2,3)10-7-5-4-6-8-10/h4-10H,1-3H3;4H,5-7H2,1-3H3;7H,4-6H2,1-3H3;4-8H2,1-3H3. The monoisotopic (exact) mass is 654 g/mol. The summed E-state index contributed by atoms with van der Waals surface area (Å²) in [5.74, 6) is 0. The number of hydrogen-bond donors (Lipinski definition) is 0. The molecule has 0 spiro atoms. The number of likely N-dealkylation sites (tertiary alicyclic amines) is 1. The van der Waals surface area contributed by atoms with Crippen LogP contribution in [-0.2, 0) is 23.8 Å². The van der Waals surface area contributed by atoms with Gasteiger partial charge in [0.05, 0.1) is 12.7 Å². The largest absolute Gasteiger partial charge is 0.298 e. The summed E-state index contributed by atoms with van der Waals surface area (Å²) >= 11 is 0. The lowest BCUT2D eigenvalue weighted by Gasteiger charge is -2.38. The number of rotatable bonds is 0. The summed E-state index contributed by atoms with van der Waals surface area (Å²) in [4.78, 5) is 9.34. The number of fused-ring (bicyclic) bond motifs is 2. The number of aromatic nitrogens is 2. The Kier molecular flexibility index (Phi) is 12.2. The molecule has 0 saturated carbocycles. The zero-order valence-corrected chi connectivity index (χ0v) is 32.7. The number of aryl methyl sites for hydroxylation is 1. The van der Waals surface area contributed by atoms with Gasteiger partial charge in [-0.3, -0.25) is 19.5 Å². The minimum Gasteiger partial charge on any atom is -0.298 e. The van der Waals surface area contributed by atoms with Gasteiger partial charge in [-0.25, -0.2) is 0 Å². The van der Waals surface area contributed by atoms with Crippen molar-refractivity contribution < 1.29 is 0 Å². The van der Waals surface area contributed by atoms with Crippen molar-refractivity contribution in [2.75, 3.05) is 32.7 Å². The topological polar surface area (TPSA) is 36.7 Å². The number of nitrogens with zero attached hydrogens (tertiary/aromatic N) is 5. The third kappa shape index (κ3) is 10.1. The van der Waals surface area contributed by atoms with Crippen LogP contribution in [-0.4, -0.2) is 69.6 Å². The summed E-state index contributed by atoms with van der Waals surface area (Å²) in [7, 11) is 0. The van der Waals surface area contributed by atoms with E-state index in [0.717, 1.165) is 26.2 Å². The first-order chi connectivity index (χ1) is 22.4. The van der Waals surface area contributed by atoms with E-state index in [-0.39, 0.29) is 10.8 Å².